The first kappa shape index (κ1) is 12.6. The Morgan fingerprint density at radius 1 is 1.31 bits per heavy atom. The number of thiophene rings is 1. The first-order valence-corrected chi connectivity index (χ1v) is 7.70. The standard InChI is InChI=1S/C12H9Br2ClS/c1-7-8(3-2-4-9(7)13)11(14)12-10(15)5-6-16-12/h2-6,11H,1H3. The van der Waals surface area contributed by atoms with Crippen molar-refractivity contribution in [2.45, 2.75) is 11.8 Å². The van der Waals surface area contributed by atoms with E-state index in [1.165, 1.54) is 11.1 Å². The Morgan fingerprint density at radius 2 is 2.06 bits per heavy atom. The number of rotatable bonds is 2. The highest BCUT2D eigenvalue weighted by Crippen LogP contribution is 2.40. The molecule has 0 aliphatic carbocycles. The number of alkyl halides is 1. The van der Waals surface area contributed by atoms with E-state index in [1.54, 1.807) is 11.3 Å². The van der Waals surface area contributed by atoms with E-state index >= 15 is 0 Å². The largest absolute Gasteiger partial charge is 0.146 e. The van der Waals surface area contributed by atoms with Gasteiger partial charge in [-0.05, 0) is 35.6 Å². The Hall–Kier alpha value is 0.170. The molecule has 0 saturated heterocycles. The highest BCUT2D eigenvalue weighted by Gasteiger charge is 2.17. The summed E-state index contributed by atoms with van der Waals surface area (Å²) in [5.41, 5.74) is 2.49. The summed E-state index contributed by atoms with van der Waals surface area (Å²) in [5, 5.41) is 2.84. The van der Waals surface area contributed by atoms with Crippen LogP contribution in [0.15, 0.2) is 34.1 Å². The molecule has 0 aliphatic rings. The molecule has 0 amide bonds. The Bertz CT molecular complexity index is 507. The molecule has 1 aromatic heterocycles. The fraction of sp³-hybridized carbons (Fsp3) is 0.167. The molecule has 1 atom stereocenters. The Balaban J connectivity index is 2.46. The van der Waals surface area contributed by atoms with Crippen molar-refractivity contribution in [3.05, 3.63) is 55.1 Å². The minimum absolute atomic E-state index is 0.164. The van der Waals surface area contributed by atoms with Gasteiger partial charge in [0.05, 0.1) is 9.85 Å². The molecule has 1 unspecified atom stereocenters. The van der Waals surface area contributed by atoms with E-state index in [1.807, 2.05) is 17.5 Å². The van der Waals surface area contributed by atoms with Crippen LogP contribution in [0.2, 0.25) is 5.02 Å². The lowest BCUT2D eigenvalue weighted by Crippen LogP contribution is -1.94. The summed E-state index contributed by atoms with van der Waals surface area (Å²) in [5.74, 6) is 0. The van der Waals surface area contributed by atoms with Gasteiger partial charge in [-0.15, -0.1) is 11.3 Å². The molecule has 0 N–H and O–H groups in total. The quantitative estimate of drug-likeness (QED) is 0.564. The van der Waals surface area contributed by atoms with Crippen molar-refractivity contribution in [3.8, 4) is 0 Å². The minimum atomic E-state index is 0.164. The van der Waals surface area contributed by atoms with Gasteiger partial charge in [0.15, 0.2) is 0 Å². The van der Waals surface area contributed by atoms with E-state index < -0.39 is 0 Å². The Labute approximate surface area is 121 Å². The molecule has 2 rings (SSSR count). The second-order valence-electron chi connectivity index (χ2n) is 3.45. The van der Waals surface area contributed by atoms with Crippen molar-refractivity contribution in [2.75, 3.05) is 0 Å². The summed E-state index contributed by atoms with van der Waals surface area (Å²) in [6, 6.07) is 8.15. The summed E-state index contributed by atoms with van der Waals surface area (Å²) >= 11 is 15.1. The molecule has 0 spiro atoms. The van der Waals surface area contributed by atoms with Crippen molar-refractivity contribution >= 4 is 54.8 Å². The van der Waals surface area contributed by atoms with Crippen LogP contribution in [0.25, 0.3) is 0 Å². The van der Waals surface area contributed by atoms with Crippen LogP contribution >= 0.6 is 54.8 Å². The van der Waals surface area contributed by atoms with Gasteiger partial charge >= 0.3 is 0 Å². The molecule has 2 aromatic rings. The monoisotopic (exact) mass is 378 g/mol. The van der Waals surface area contributed by atoms with Gasteiger partial charge in [0, 0.05) is 9.35 Å². The van der Waals surface area contributed by atoms with E-state index in [2.05, 4.69) is 50.9 Å². The maximum Gasteiger partial charge on any atom is 0.0755 e. The molecule has 1 heterocycles. The smallest absolute Gasteiger partial charge is 0.0755 e. The van der Waals surface area contributed by atoms with Crippen LogP contribution < -0.4 is 0 Å². The predicted molar refractivity (Wildman–Crippen MR) is 79.0 cm³/mol. The van der Waals surface area contributed by atoms with Crippen LogP contribution in [0, 0.1) is 6.92 Å². The highest BCUT2D eigenvalue weighted by molar-refractivity contribution is 9.10. The maximum absolute atomic E-state index is 6.15. The van der Waals surface area contributed by atoms with E-state index in [9.17, 15) is 0 Å². The molecule has 1 aromatic carbocycles. The van der Waals surface area contributed by atoms with E-state index in [4.69, 9.17) is 11.6 Å². The van der Waals surface area contributed by atoms with Crippen LogP contribution in [-0.2, 0) is 0 Å². The van der Waals surface area contributed by atoms with Crippen LogP contribution in [0.1, 0.15) is 20.8 Å². The molecule has 0 aliphatic heterocycles. The third kappa shape index (κ3) is 2.37. The van der Waals surface area contributed by atoms with Gasteiger partial charge in [0.25, 0.3) is 0 Å². The topological polar surface area (TPSA) is 0 Å². The van der Waals surface area contributed by atoms with Gasteiger partial charge in [-0.25, -0.2) is 0 Å². The summed E-state index contributed by atoms with van der Waals surface area (Å²) in [7, 11) is 0. The molecule has 4 heteroatoms. The lowest BCUT2D eigenvalue weighted by Gasteiger charge is -2.13. The van der Waals surface area contributed by atoms with Crippen molar-refractivity contribution in [1.82, 2.24) is 0 Å². The van der Waals surface area contributed by atoms with Crippen LogP contribution in [0.4, 0.5) is 0 Å². The lowest BCUT2D eigenvalue weighted by molar-refractivity contribution is 1.17. The summed E-state index contributed by atoms with van der Waals surface area (Å²) in [6.07, 6.45) is 0. The van der Waals surface area contributed by atoms with Gasteiger partial charge in [0.1, 0.15) is 0 Å². The number of hydrogen-bond acceptors (Lipinski definition) is 1. The molecule has 84 valence electrons. The van der Waals surface area contributed by atoms with E-state index in [0.29, 0.717) is 0 Å². The normalized spacial score (nSPS) is 12.8. The predicted octanol–water partition coefficient (Wildman–Crippen LogP) is 5.96. The molecule has 0 nitrogen and oxygen atoms in total. The highest BCUT2D eigenvalue weighted by atomic mass is 79.9. The van der Waals surface area contributed by atoms with Crippen molar-refractivity contribution in [3.63, 3.8) is 0 Å². The fourth-order valence-corrected chi connectivity index (χ4v) is 4.26. The number of hydrogen-bond donors (Lipinski definition) is 0. The van der Waals surface area contributed by atoms with Crippen molar-refractivity contribution in [2.24, 2.45) is 0 Å². The Kier molecular flexibility index (Phi) is 4.11. The van der Waals surface area contributed by atoms with Gasteiger partial charge in [-0.2, -0.15) is 0 Å². The van der Waals surface area contributed by atoms with Crippen molar-refractivity contribution in [1.29, 1.82) is 0 Å². The SMILES string of the molecule is Cc1c(Br)cccc1C(Br)c1sccc1Cl. The average Bonchev–Trinajstić information content (AvgIpc) is 2.68. The third-order valence-corrected chi connectivity index (χ3v) is 5.99. The first-order valence-electron chi connectivity index (χ1n) is 4.73. The average molecular weight is 381 g/mol. The molecular weight excluding hydrogens is 371 g/mol. The van der Waals surface area contributed by atoms with Gasteiger partial charge in [-0.1, -0.05) is 55.6 Å². The van der Waals surface area contributed by atoms with Gasteiger partial charge in [0.2, 0.25) is 0 Å². The second kappa shape index (κ2) is 5.21. The molecule has 16 heavy (non-hydrogen) atoms. The fourth-order valence-electron chi connectivity index (χ4n) is 1.53. The zero-order valence-electron chi connectivity index (χ0n) is 8.51. The Morgan fingerprint density at radius 3 is 2.69 bits per heavy atom. The molecule has 0 fully saturated rings. The van der Waals surface area contributed by atoms with Crippen LogP contribution in [-0.4, -0.2) is 0 Å². The molecule has 0 saturated carbocycles. The zero-order valence-corrected chi connectivity index (χ0v) is 13.3. The van der Waals surface area contributed by atoms with E-state index in [0.717, 1.165) is 14.4 Å². The van der Waals surface area contributed by atoms with Crippen LogP contribution in [0.5, 0.6) is 0 Å². The summed E-state index contributed by atoms with van der Waals surface area (Å²) in [6.45, 7) is 2.11. The maximum atomic E-state index is 6.15. The minimum Gasteiger partial charge on any atom is -0.146 e. The van der Waals surface area contributed by atoms with E-state index in [-0.39, 0.29) is 4.83 Å². The molecular formula is C12H9Br2ClS. The first-order chi connectivity index (χ1) is 7.61. The summed E-state index contributed by atoms with van der Waals surface area (Å²) < 4.78 is 1.13. The lowest BCUT2D eigenvalue weighted by atomic mass is 10.1. The summed E-state index contributed by atoms with van der Waals surface area (Å²) in [4.78, 5) is 1.32. The van der Waals surface area contributed by atoms with Gasteiger partial charge < -0.3 is 0 Å². The number of halogens is 3. The third-order valence-electron chi connectivity index (χ3n) is 2.46. The molecule has 0 radical (unpaired) electrons. The number of benzene rings is 1. The van der Waals surface area contributed by atoms with Crippen LogP contribution in [0.3, 0.4) is 0 Å². The zero-order chi connectivity index (χ0) is 11.7. The molecule has 0 bridgehead atoms. The van der Waals surface area contributed by atoms with Crippen molar-refractivity contribution < 1.29 is 0 Å². The second-order valence-corrected chi connectivity index (χ2v) is 6.57. The van der Waals surface area contributed by atoms with Gasteiger partial charge in [-0.3, -0.25) is 0 Å².